The number of ether oxygens (including phenoxy) is 1. The Balaban J connectivity index is 2.23. The molecule has 0 heterocycles. The van der Waals surface area contributed by atoms with Gasteiger partial charge in [-0.15, -0.1) is 11.8 Å². The lowest BCUT2D eigenvalue weighted by Gasteiger charge is -2.15. The highest BCUT2D eigenvalue weighted by atomic mass is 32.2. The highest BCUT2D eigenvalue weighted by molar-refractivity contribution is 7.99. The van der Waals surface area contributed by atoms with Crippen LogP contribution in [0, 0.1) is 0 Å². The highest BCUT2D eigenvalue weighted by Gasteiger charge is 2.13. The maximum atomic E-state index is 12.6. The topological polar surface area (TPSA) is 38.3 Å². The molecular weight excluding hydrogens is 294 g/mol. The Morgan fingerprint density at radius 1 is 1.14 bits per heavy atom. The Morgan fingerprint density at radius 2 is 1.82 bits per heavy atom. The maximum absolute atomic E-state index is 12.6. The minimum atomic E-state index is -0.114. The van der Waals surface area contributed by atoms with E-state index in [-0.39, 0.29) is 12.0 Å². The summed E-state index contributed by atoms with van der Waals surface area (Å²) >= 11 is 1.66. The smallest absolute Gasteiger partial charge is 0.256 e. The number of nitrogens with one attached hydrogen (secondary N) is 1. The lowest BCUT2D eigenvalue weighted by atomic mass is 10.2. The van der Waals surface area contributed by atoms with E-state index in [1.807, 2.05) is 62.4 Å². The number of carbonyl (C=O) groups excluding carboxylic acids is 1. The van der Waals surface area contributed by atoms with Crippen molar-refractivity contribution in [1.82, 2.24) is 0 Å². The van der Waals surface area contributed by atoms with Gasteiger partial charge in [-0.05, 0) is 43.9 Å². The Morgan fingerprint density at radius 3 is 2.55 bits per heavy atom. The summed E-state index contributed by atoms with van der Waals surface area (Å²) in [4.78, 5) is 13.6. The largest absolute Gasteiger partial charge is 0.489 e. The monoisotopic (exact) mass is 315 g/mol. The molecule has 2 aromatic rings. The van der Waals surface area contributed by atoms with E-state index in [0.717, 1.165) is 10.6 Å². The number of anilines is 1. The first-order valence-electron chi connectivity index (χ1n) is 7.40. The third-order valence-corrected chi connectivity index (χ3v) is 3.89. The van der Waals surface area contributed by atoms with Crippen LogP contribution in [0.25, 0.3) is 0 Å². The van der Waals surface area contributed by atoms with Crippen molar-refractivity contribution < 1.29 is 9.53 Å². The Labute approximate surface area is 136 Å². The average molecular weight is 315 g/mol. The van der Waals surface area contributed by atoms with E-state index < -0.39 is 0 Å². The third kappa shape index (κ3) is 4.28. The molecule has 3 nitrogen and oxygen atoms in total. The van der Waals surface area contributed by atoms with Crippen LogP contribution in [0.3, 0.4) is 0 Å². The molecule has 0 radical (unpaired) electrons. The Kier molecular flexibility index (Phi) is 5.90. The zero-order valence-corrected chi connectivity index (χ0v) is 13.9. The fourth-order valence-electron chi connectivity index (χ4n) is 2.05. The quantitative estimate of drug-likeness (QED) is 0.775. The second-order valence-corrected chi connectivity index (χ2v) is 6.35. The van der Waals surface area contributed by atoms with Crippen molar-refractivity contribution in [3.05, 3.63) is 54.1 Å². The molecule has 0 saturated carbocycles. The molecule has 0 aliphatic rings. The van der Waals surface area contributed by atoms with E-state index in [1.165, 1.54) is 0 Å². The maximum Gasteiger partial charge on any atom is 0.256 e. The summed E-state index contributed by atoms with van der Waals surface area (Å²) in [7, 11) is 0. The summed E-state index contributed by atoms with van der Waals surface area (Å²) in [5, 5.41) is 2.95. The van der Waals surface area contributed by atoms with Crippen LogP contribution in [0.4, 0.5) is 5.69 Å². The van der Waals surface area contributed by atoms with E-state index in [1.54, 1.807) is 11.8 Å². The molecular formula is C18H21NO2S. The predicted octanol–water partition coefficient (Wildman–Crippen LogP) is 4.84. The van der Waals surface area contributed by atoms with Gasteiger partial charge in [-0.3, -0.25) is 4.79 Å². The second kappa shape index (κ2) is 7.90. The highest BCUT2D eigenvalue weighted by Crippen LogP contribution is 2.27. The molecule has 0 bridgehead atoms. The summed E-state index contributed by atoms with van der Waals surface area (Å²) in [6.07, 6.45) is 0.0565. The van der Waals surface area contributed by atoms with E-state index in [0.29, 0.717) is 17.0 Å². The molecule has 0 saturated heterocycles. The normalized spacial score (nSPS) is 10.5. The molecule has 0 atom stereocenters. The molecule has 2 aromatic carbocycles. The summed E-state index contributed by atoms with van der Waals surface area (Å²) < 4.78 is 5.74. The fourth-order valence-corrected chi connectivity index (χ4v) is 2.85. The number of hydrogen-bond acceptors (Lipinski definition) is 3. The van der Waals surface area contributed by atoms with Crippen LogP contribution < -0.4 is 10.1 Å². The number of benzene rings is 2. The molecule has 22 heavy (non-hydrogen) atoms. The van der Waals surface area contributed by atoms with E-state index in [4.69, 9.17) is 4.74 Å². The van der Waals surface area contributed by atoms with Crippen LogP contribution in [-0.4, -0.2) is 17.8 Å². The average Bonchev–Trinajstić information content (AvgIpc) is 2.49. The summed E-state index contributed by atoms with van der Waals surface area (Å²) in [5.74, 6) is 1.50. The van der Waals surface area contributed by atoms with Gasteiger partial charge in [0.2, 0.25) is 0 Å². The van der Waals surface area contributed by atoms with Crippen molar-refractivity contribution in [1.29, 1.82) is 0 Å². The van der Waals surface area contributed by atoms with Crippen molar-refractivity contribution in [2.75, 3.05) is 11.1 Å². The predicted molar refractivity (Wildman–Crippen MR) is 93.0 cm³/mol. The SMILES string of the molecule is CCSc1ccccc1C(=O)Nc1ccccc1OC(C)C. The van der Waals surface area contributed by atoms with Crippen LogP contribution in [0.5, 0.6) is 5.75 Å². The van der Waals surface area contributed by atoms with Gasteiger partial charge >= 0.3 is 0 Å². The minimum absolute atomic E-state index is 0.0565. The van der Waals surface area contributed by atoms with Crippen LogP contribution in [0.15, 0.2) is 53.4 Å². The standard InChI is InChI=1S/C18H21NO2S/c1-4-22-17-12-8-5-9-14(17)18(20)19-15-10-6-7-11-16(15)21-13(2)3/h5-13H,4H2,1-3H3,(H,19,20). The molecule has 1 amide bonds. The lowest BCUT2D eigenvalue weighted by Crippen LogP contribution is -2.15. The van der Waals surface area contributed by atoms with Crippen LogP contribution in [0.1, 0.15) is 31.1 Å². The zero-order chi connectivity index (χ0) is 15.9. The molecule has 4 heteroatoms. The van der Waals surface area contributed by atoms with Gasteiger partial charge in [0.05, 0.1) is 17.4 Å². The molecule has 0 spiro atoms. The third-order valence-electron chi connectivity index (χ3n) is 2.93. The van der Waals surface area contributed by atoms with Gasteiger partial charge in [0, 0.05) is 4.90 Å². The number of hydrogen-bond donors (Lipinski definition) is 1. The van der Waals surface area contributed by atoms with E-state index >= 15 is 0 Å². The first-order chi connectivity index (χ1) is 10.6. The van der Waals surface area contributed by atoms with Gasteiger partial charge in [-0.25, -0.2) is 0 Å². The van der Waals surface area contributed by atoms with Crippen molar-refractivity contribution in [2.24, 2.45) is 0 Å². The van der Waals surface area contributed by atoms with Gasteiger partial charge in [0.15, 0.2) is 0 Å². The van der Waals surface area contributed by atoms with E-state index in [2.05, 4.69) is 12.2 Å². The number of thioether (sulfide) groups is 1. The van der Waals surface area contributed by atoms with E-state index in [9.17, 15) is 4.79 Å². The molecule has 1 N–H and O–H groups in total. The Hall–Kier alpha value is -1.94. The Bertz CT molecular complexity index is 640. The van der Waals surface area contributed by atoms with Crippen LogP contribution in [0.2, 0.25) is 0 Å². The minimum Gasteiger partial charge on any atom is -0.489 e. The van der Waals surface area contributed by atoms with Gasteiger partial charge in [0.25, 0.3) is 5.91 Å². The molecule has 116 valence electrons. The van der Waals surface area contributed by atoms with Crippen molar-refractivity contribution in [3.8, 4) is 5.75 Å². The molecule has 0 aliphatic carbocycles. The molecule has 0 aromatic heterocycles. The van der Waals surface area contributed by atoms with Gasteiger partial charge in [-0.2, -0.15) is 0 Å². The first-order valence-corrected chi connectivity index (χ1v) is 8.39. The molecule has 0 unspecified atom stereocenters. The summed E-state index contributed by atoms with van der Waals surface area (Å²) in [6.45, 7) is 6.00. The van der Waals surface area contributed by atoms with Gasteiger partial charge < -0.3 is 10.1 Å². The zero-order valence-electron chi connectivity index (χ0n) is 13.1. The van der Waals surface area contributed by atoms with Crippen molar-refractivity contribution in [2.45, 2.75) is 31.8 Å². The summed E-state index contributed by atoms with van der Waals surface area (Å²) in [5.41, 5.74) is 1.38. The number of para-hydroxylation sites is 2. The number of amides is 1. The first kappa shape index (κ1) is 16.4. The number of rotatable bonds is 6. The van der Waals surface area contributed by atoms with Crippen LogP contribution >= 0.6 is 11.8 Å². The van der Waals surface area contributed by atoms with Gasteiger partial charge in [-0.1, -0.05) is 31.2 Å². The fraction of sp³-hybridized carbons (Fsp3) is 0.278. The molecule has 0 aliphatic heterocycles. The lowest BCUT2D eigenvalue weighted by molar-refractivity contribution is 0.102. The van der Waals surface area contributed by atoms with Crippen molar-refractivity contribution in [3.63, 3.8) is 0 Å². The summed E-state index contributed by atoms with van der Waals surface area (Å²) in [6, 6.07) is 15.1. The molecule has 2 rings (SSSR count). The van der Waals surface area contributed by atoms with Gasteiger partial charge in [0.1, 0.15) is 5.75 Å². The second-order valence-electron chi connectivity index (χ2n) is 5.05. The number of carbonyl (C=O) groups is 1. The molecule has 0 fully saturated rings. The van der Waals surface area contributed by atoms with Crippen LogP contribution in [-0.2, 0) is 0 Å². The van der Waals surface area contributed by atoms with Crippen molar-refractivity contribution >= 4 is 23.4 Å².